The van der Waals surface area contributed by atoms with Crippen LogP contribution >= 0.6 is 0 Å². The Labute approximate surface area is 101 Å². The third kappa shape index (κ3) is 2.62. The van der Waals surface area contributed by atoms with Crippen molar-refractivity contribution in [1.29, 1.82) is 5.26 Å². The molecule has 0 unspecified atom stereocenters. The summed E-state index contributed by atoms with van der Waals surface area (Å²) in [6.45, 7) is 3.42. The summed E-state index contributed by atoms with van der Waals surface area (Å²) in [5.41, 5.74) is 1.47. The minimum atomic E-state index is 0.212. The van der Waals surface area contributed by atoms with E-state index in [2.05, 4.69) is 9.88 Å². The van der Waals surface area contributed by atoms with E-state index in [0.29, 0.717) is 5.69 Å². The molecule has 1 aromatic rings. The second-order valence-corrected chi connectivity index (χ2v) is 4.38. The summed E-state index contributed by atoms with van der Waals surface area (Å²) in [7, 11) is 0. The van der Waals surface area contributed by atoms with Crippen LogP contribution in [0.2, 0.25) is 0 Å². The molecular weight excluding hydrogens is 214 g/mol. The normalized spacial score (nSPS) is 16.6. The van der Waals surface area contributed by atoms with Gasteiger partial charge in [-0.05, 0) is 31.9 Å². The minimum Gasteiger partial charge on any atom is -0.371 e. The fourth-order valence-electron chi connectivity index (χ4n) is 2.22. The number of carbonyl (C=O) groups excluding carboxylic acids is 1. The van der Waals surface area contributed by atoms with Crippen LogP contribution in [0, 0.1) is 17.2 Å². The smallest absolute Gasteiger partial charge is 0.142 e. The topological polar surface area (TPSA) is 57.0 Å². The van der Waals surface area contributed by atoms with E-state index in [0.717, 1.165) is 31.6 Å². The number of nitriles is 1. The highest BCUT2D eigenvalue weighted by Gasteiger charge is 2.22. The summed E-state index contributed by atoms with van der Waals surface area (Å²) in [5.74, 6) is 0.501. The summed E-state index contributed by atoms with van der Waals surface area (Å²) in [4.78, 5) is 17.4. The first kappa shape index (κ1) is 11.6. The van der Waals surface area contributed by atoms with Crippen LogP contribution in [0.3, 0.4) is 0 Å². The summed E-state index contributed by atoms with van der Waals surface area (Å²) >= 11 is 0. The molecule has 88 valence electrons. The number of hydrogen-bond donors (Lipinski definition) is 0. The molecule has 0 aromatic carbocycles. The summed E-state index contributed by atoms with van der Waals surface area (Å²) in [5, 5.41) is 8.80. The molecule has 0 spiro atoms. The van der Waals surface area contributed by atoms with E-state index in [1.165, 1.54) is 0 Å². The van der Waals surface area contributed by atoms with Gasteiger partial charge in [0.25, 0.3) is 0 Å². The van der Waals surface area contributed by atoms with E-state index < -0.39 is 0 Å². The minimum absolute atomic E-state index is 0.212. The molecule has 1 saturated heterocycles. The van der Waals surface area contributed by atoms with Crippen molar-refractivity contribution in [2.24, 2.45) is 5.92 Å². The van der Waals surface area contributed by atoms with Crippen LogP contribution < -0.4 is 4.90 Å². The second kappa shape index (κ2) is 4.96. The Hall–Kier alpha value is -1.89. The number of Topliss-reactive ketones (excluding diaryl/α,β-unsaturated/α-hetero) is 1. The molecule has 4 nitrogen and oxygen atoms in total. The summed E-state index contributed by atoms with van der Waals surface area (Å²) < 4.78 is 0. The molecule has 2 rings (SSSR count). The molecule has 0 bridgehead atoms. The van der Waals surface area contributed by atoms with Gasteiger partial charge in [0.2, 0.25) is 0 Å². The molecule has 1 fully saturated rings. The van der Waals surface area contributed by atoms with E-state index in [4.69, 9.17) is 5.26 Å². The van der Waals surface area contributed by atoms with Crippen molar-refractivity contribution in [1.82, 2.24) is 4.98 Å². The quantitative estimate of drug-likeness (QED) is 0.775. The van der Waals surface area contributed by atoms with Crippen molar-refractivity contribution in [3.05, 3.63) is 24.0 Å². The van der Waals surface area contributed by atoms with Gasteiger partial charge in [-0.25, -0.2) is 4.98 Å². The van der Waals surface area contributed by atoms with Gasteiger partial charge in [0.05, 0.1) is 0 Å². The number of anilines is 1. The Morgan fingerprint density at radius 1 is 1.53 bits per heavy atom. The molecule has 17 heavy (non-hydrogen) atoms. The zero-order valence-corrected chi connectivity index (χ0v) is 9.89. The molecule has 0 N–H and O–H groups in total. The second-order valence-electron chi connectivity index (χ2n) is 4.38. The first-order chi connectivity index (χ1) is 8.20. The van der Waals surface area contributed by atoms with Crippen molar-refractivity contribution in [2.45, 2.75) is 19.8 Å². The number of nitrogens with zero attached hydrogens (tertiary/aromatic N) is 3. The van der Waals surface area contributed by atoms with Gasteiger partial charge in [0, 0.05) is 30.9 Å². The van der Waals surface area contributed by atoms with E-state index in [-0.39, 0.29) is 11.7 Å². The molecule has 0 amide bonds. The third-order valence-corrected chi connectivity index (χ3v) is 3.29. The van der Waals surface area contributed by atoms with Crippen LogP contribution in [0.1, 0.15) is 25.5 Å². The number of piperidine rings is 1. The van der Waals surface area contributed by atoms with Crippen LogP contribution in [-0.4, -0.2) is 23.9 Å². The van der Waals surface area contributed by atoms with Crippen LogP contribution in [0.15, 0.2) is 18.3 Å². The lowest BCUT2D eigenvalue weighted by atomic mass is 9.93. The molecular formula is C13H15N3O. The fourth-order valence-corrected chi connectivity index (χ4v) is 2.22. The van der Waals surface area contributed by atoms with Crippen LogP contribution in [-0.2, 0) is 4.79 Å². The van der Waals surface area contributed by atoms with Crippen LogP contribution in [0.5, 0.6) is 0 Å². The van der Waals surface area contributed by atoms with E-state index in [1.54, 1.807) is 19.2 Å². The number of pyridine rings is 1. The predicted molar refractivity (Wildman–Crippen MR) is 64.6 cm³/mol. The largest absolute Gasteiger partial charge is 0.371 e. The monoisotopic (exact) mass is 229 g/mol. The van der Waals surface area contributed by atoms with Gasteiger partial charge in [-0.3, -0.25) is 4.79 Å². The van der Waals surface area contributed by atoms with Crippen molar-refractivity contribution in [3.8, 4) is 6.07 Å². The maximum Gasteiger partial charge on any atom is 0.142 e. The van der Waals surface area contributed by atoms with Crippen molar-refractivity contribution >= 4 is 11.5 Å². The summed E-state index contributed by atoms with van der Waals surface area (Å²) in [6.07, 6.45) is 3.46. The number of rotatable bonds is 2. The number of hydrogen-bond acceptors (Lipinski definition) is 4. The zero-order valence-electron chi connectivity index (χ0n) is 9.89. The molecule has 0 atom stereocenters. The zero-order chi connectivity index (χ0) is 12.3. The highest BCUT2D eigenvalue weighted by Crippen LogP contribution is 2.23. The average Bonchev–Trinajstić information content (AvgIpc) is 2.39. The molecule has 0 radical (unpaired) electrons. The predicted octanol–water partition coefficient (Wildman–Crippen LogP) is 1.76. The van der Waals surface area contributed by atoms with Crippen LogP contribution in [0.25, 0.3) is 0 Å². The van der Waals surface area contributed by atoms with Crippen molar-refractivity contribution in [3.63, 3.8) is 0 Å². The van der Waals surface area contributed by atoms with Gasteiger partial charge in [0.15, 0.2) is 0 Å². The van der Waals surface area contributed by atoms with Crippen molar-refractivity contribution < 1.29 is 4.79 Å². The highest BCUT2D eigenvalue weighted by atomic mass is 16.1. The standard InChI is InChI=1S/C13H15N3O/c1-10(17)11-3-6-16(7-4-11)13-2-5-15-12(8-13)9-14/h2,5,8,11H,3-4,6-7H2,1H3. The van der Waals surface area contributed by atoms with Crippen LogP contribution in [0.4, 0.5) is 5.69 Å². The highest BCUT2D eigenvalue weighted by molar-refractivity contribution is 5.78. The lowest BCUT2D eigenvalue weighted by Gasteiger charge is -2.32. The van der Waals surface area contributed by atoms with E-state index in [1.807, 2.05) is 12.1 Å². The van der Waals surface area contributed by atoms with Gasteiger partial charge in [0.1, 0.15) is 17.5 Å². The van der Waals surface area contributed by atoms with Crippen molar-refractivity contribution in [2.75, 3.05) is 18.0 Å². The average molecular weight is 229 g/mol. The van der Waals surface area contributed by atoms with Gasteiger partial charge >= 0.3 is 0 Å². The number of aromatic nitrogens is 1. The molecule has 1 aliphatic rings. The van der Waals surface area contributed by atoms with E-state index in [9.17, 15) is 4.79 Å². The molecule has 1 aromatic heterocycles. The molecule has 2 heterocycles. The maximum absolute atomic E-state index is 11.3. The number of ketones is 1. The lowest BCUT2D eigenvalue weighted by Crippen LogP contribution is -2.35. The fraction of sp³-hybridized carbons (Fsp3) is 0.462. The Morgan fingerprint density at radius 3 is 2.82 bits per heavy atom. The Kier molecular flexibility index (Phi) is 3.38. The first-order valence-corrected chi connectivity index (χ1v) is 5.82. The first-order valence-electron chi connectivity index (χ1n) is 5.82. The van der Waals surface area contributed by atoms with Gasteiger partial charge in [-0.1, -0.05) is 0 Å². The molecule has 1 aliphatic heterocycles. The van der Waals surface area contributed by atoms with Gasteiger partial charge < -0.3 is 4.90 Å². The Balaban J connectivity index is 2.05. The maximum atomic E-state index is 11.3. The lowest BCUT2D eigenvalue weighted by molar-refractivity contribution is -0.121. The SMILES string of the molecule is CC(=O)C1CCN(c2ccnc(C#N)c2)CC1. The Bertz CT molecular complexity index is 456. The number of carbonyl (C=O) groups is 1. The third-order valence-electron chi connectivity index (χ3n) is 3.29. The van der Waals surface area contributed by atoms with Gasteiger partial charge in [-0.2, -0.15) is 5.26 Å². The Morgan fingerprint density at radius 2 is 2.24 bits per heavy atom. The molecule has 0 aliphatic carbocycles. The summed E-state index contributed by atoms with van der Waals surface area (Å²) in [6, 6.07) is 5.75. The molecule has 0 saturated carbocycles. The van der Waals surface area contributed by atoms with E-state index >= 15 is 0 Å². The van der Waals surface area contributed by atoms with Gasteiger partial charge in [-0.15, -0.1) is 0 Å². The molecule has 4 heteroatoms.